The van der Waals surface area contributed by atoms with Crippen molar-refractivity contribution in [1.29, 1.82) is 0 Å². The SMILES string of the molecule is CCC1CCN(C(C(=O)O)C2CC2)C1. The summed E-state index contributed by atoms with van der Waals surface area (Å²) in [5.41, 5.74) is 0. The number of carbonyl (C=O) groups is 1. The molecule has 1 aliphatic carbocycles. The molecule has 2 aliphatic rings. The minimum Gasteiger partial charge on any atom is -0.480 e. The lowest BCUT2D eigenvalue weighted by Crippen LogP contribution is -2.41. The van der Waals surface area contributed by atoms with Crippen LogP contribution in [0, 0.1) is 11.8 Å². The van der Waals surface area contributed by atoms with Gasteiger partial charge in [0.2, 0.25) is 0 Å². The molecule has 0 bridgehead atoms. The van der Waals surface area contributed by atoms with Crippen molar-refractivity contribution in [1.82, 2.24) is 4.90 Å². The van der Waals surface area contributed by atoms with Crippen LogP contribution >= 0.6 is 0 Å². The largest absolute Gasteiger partial charge is 0.480 e. The number of aliphatic carboxylic acids is 1. The minimum absolute atomic E-state index is 0.174. The van der Waals surface area contributed by atoms with Crippen LogP contribution in [0.2, 0.25) is 0 Å². The van der Waals surface area contributed by atoms with Gasteiger partial charge >= 0.3 is 5.97 Å². The molecule has 14 heavy (non-hydrogen) atoms. The molecule has 2 unspecified atom stereocenters. The molecule has 0 aromatic heterocycles. The second kappa shape index (κ2) is 3.89. The van der Waals surface area contributed by atoms with Crippen molar-refractivity contribution in [2.75, 3.05) is 13.1 Å². The zero-order valence-electron chi connectivity index (χ0n) is 8.78. The summed E-state index contributed by atoms with van der Waals surface area (Å²) >= 11 is 0. The molecule has 0 radical (unpaired) electrons. The fourth-order valence-electron chi connectivity index (χ4n) is 2.52. The summed E-state index contributed by atoms with van der Waals surface area (Å²) < 4.78 is 0. The average Bonchev–Trinajstić information content (AvgIpc) is 2.83. The highest BCUT2D eigenvalue weighted by molar-refractivity contribution is 5.74. The predicted octanol–water partition coefficient (Wildman–Crippen LogP) is 1.58. The lowest BCUT2D eigenvalue weighted by atomic mass is 10.1. The molecule has 1 heterocycles. The van der Waals surface area contributed by atoms with Gasteiger partial charge < -0.3 is 5.11 Å². The van der Waals surface area contributed by atoms with Crippen molar-refractivity contribution in [2.24, 2.45) is 11.8 Å². The zero-order chi connectivity index (χ0) is 10.1. The topological polar surface area (TPSA) is 40.5 Å². The van der Waals surface area contributed by atoms with E-state index in [1.807, 2.05) is 0 Å². The first kappa shape index (κ1) is 9.97. The molecule has 3 heteroatoms. The Kier molecular flexibility index (Phi) is 2.77. The Hall–Kier alpha value is -0.570. The maximum atomic E-state index is 11.1. The van der Waals surface area contributed by atoms with Crippen molar-refractivity contribution in [3.05, 3.63) is 0 Å². The molecule has 2 fully saturated rings. The van der Waals surface area contributed by atoms with Crippen LogP contribution in [-0.2, 0) is 4.79 Å². The lowest BCUT2D eigenvalue weighted by Gasteiger charge is -2.23. The maximum Gasteiger partial charge on any atom is 0.321 e. The van der Waals surface area contributed by atoms with Crippen LogP contribution < -0.4 is 0 Å². The molecule has 2 rings (SSSR count). The number of rotatable bonds is 4. The first-order valence-electron chi connectivity index (χ1n) is 5.69. The van der Waals surface area contributed by atoms with Crippen LogP contribution in [0.15, 0.2) is 0 Å². The van der Waals surface area contributed by atoms with Crippen LogP contribution in [0.1, 0.15) is 32.6 Å². The van der Waals surface area contributed by atoms with Gasteiger partial charge in [-0.05, 0) is 37.6 Å². The van der Waals surface area contributed by atoms with E-state index in [0.29, 0.717) is 5.92 Å². The Labute approximate surface area is 85.1 Å². The van der Waals surface area contributed by atoms with E-state index in [0.717, 1.165) is 31.8 Å². The van der Waals surface area contributed by atoms with Gasteiger partial charge in [-0.2, -0.15) is 0 Å². The van der Waals surface area contributed by atoms with E-state index in [1.165, 1.54) is 12.8 Å². The summed E-state index contributed by atoms with van der Waals surface area (Å²) in [5, 5.41) is 9.16. The summed E-state index contributed by atoms with van der Waals surface area (Å²) in [6.07, 6.45) is 4.61. The molecule has 1 N–H and O–H groups in total. The highest BCUT2D eigenvalue weighted by Gasteiger charge is 2.42. The second-order valence-electron chi connectivity index (χ2n) is 4.68. The number of nitrogens with zero attached hydrogens (tertiary/aromatic N) is 1. The van der Waals surface area contributed by atoms with Crippen LogP contribution in [0.3, 0.4) is 0 Å². The Balaban J connectivity index is 1.95. The summed E-state index contributed by atoms with van der Waals surface area (Å²) in [6.45, 7) is 4.19. The molecule has 1 saturated heterocycles. The third-order valence-corrected chi connectivity index (χ3v) is 3.61. The molecular formula is C11H19NO2. The van der Waals surface area contributed by atoms with Crippen LogP contribution in [0.4, 0.5) is 0 Å². The maximum absolute atomic E-state index is 11.1. The van der Waals surface area contributed by atoms with E-state index in [-0.39, 0.29) is 6.04 Å². The molecule has 1 saturated carbocycles. The molecule has 1 aliphatic heterocycles. The van der Waals surface area contributed by atoms with Crippen molar-refractivity contribution in [3.8, 4) is 0 Å². The van der Waals surface area contributed by atoms with E-state index in [9.17, 15) is 4.79 Å². The quantitative estimate of drug-likeness (QED) is 0.744. The van der Waals surface area contributed by atoms with Gasteiger partial charge in [-0.1, -0.05) is 13.3 Å². The standard InChI is InChI=1S/C11H19NO2/c1-2-8-5-6-12(7-8)10(11(13)14)9-3-4-9/h8-10H,2-7H2,1H3,(H,13,14). The number of hydrogen-bond donors (Lipinski definition) is 1. The van der Waals surface area contributed by atoms with Gasteiger partial charge in [0.1, 0.15) is 6.04 Å². The number of carboxylic acids is 1. The normalized spacial score (nSPS) is 30.5. The van der Waals surface area contributed by atoms with Gasteiger partial charge in [0.05, 0.1) is 0 Å². The Morgan fingerprint density at radius 3 is 2.64 bits per heavy atom. The highest BCUT2D eigenvalue weighted by Crippen LogP contribution is 2.37. The van der Waals surface area contributed by atoms with E-state index in [4.69, 9.17) is 5.11 Å². The third kappa shape index (κ3) is 1.92. The molecule has 0 amide bonds. The molecule has 3 nitrogen and oxygen atoms in total. The van der Waals surface area contributed by atoms with Crippen LogP contribution in [0.25, 0.3) is 0 Å². The van der Waals surface area contributed by atoms with Gasteiger partial charge in [0.25, 0.3) is 0 Å². The fourth-order valence-corrected chi connectivity index (χ4v) is 2.52. The average molecular weight is 197 g/mol. The highest BCUT2D eigenvalue weighted by atomic mass is 16.4. The van der Waals surface area contributed by atoms with Crippen LogP contribution in [0.5, 0.6) is 0 Å². The molecule has 2 atom stereocenters. The summed E-state index contributed by atoms with van der Waals surface area (Å²) in [7, 11) is 0. The zero-order valence-corrected chi connectivity index (χ0v) is 8.78. The number of carboxylic acid groups (broad SMARTS) is 1. The van der Waals surface area contributed by atoms with Gasteiger partial charge in [0, 0.05) is 6.54 Å². The molecule has 0 aromatic carbocycles. The van der Waals surface area contributed by atoms with Crippen molar-refractivity contribution >= 4 is 5.97 Å². The monoisotopic (exact) mass is 197 g/mol. The molecule has 0 spiro atoms. The predicted molar refractivity (Wildman–Crippen MR) is 54.1 cm³/mol. The van der Waals surface area contributed by atoms with E-state index in [1.54, 1.807) is 0 Å². The fraction of sp³-hybridized carbons (Fsp3) is 0.909. The van der Waals surface area contributed by atoms with E-state index in [2.05, 4.69) is 11.8 Å². The van der Waals surface area contributed by atoms with Gasteiger partial charge in [-0.25, -0.2) is 0 Å². The molecule has 80 valence electrons. The third-order valence-electron chi connectivity index (χ3n) is 3.61. The summed E-state index contributed by atoms with van der Waals surface area (Å²) in [6, 6.07) is -0.174. The lowest BCUT2D eigenvalue weighted by molar-refractivity contribution is -0.143. The number of likely N-dealkylation sites (tertiary alicyclic amines) is 1. The summed E-state index contributed by atoms with van der Waals surface area (Å²) in [5.74, 6) is 0.572. The van der Waals surface area contributed by atoms with Gasteiger partial charge in [0.15, 0.2) is 0 Å². The van der Waals surface area contributed by atoms with Gasteiger partial charge in [-0.3, -0.25) is 9.69 Å². The van der Waals surface area contributed by atoms with E-state index < -0.39 is 5.97 Å². The first-order valence-corrected chi connectivity index (χ1v) is 5.69. The van der Waals surface area contributed by atoms with Crippen molar-refractivity contribution in [3.63, 3.8) is 0 Å². The first-order chi connectivity index (χ1) is 6.72. The smallest absolute Gasteiger partial charge is 0.321 e. The Morgan fingerprint density at radius 1 is 1.50 bits per heavy atom. The van der Waals surface area contributed by atoms with Gasteiger partial charge in [-0.15, -0.1) is 0 Å². The summed E-state index contributed by atoms with van der Waals surface area (Å²) in [4.78, 5) is 13.3. The Bertz CT molecular complexity index is 225. The van der Waals surface area contributed by atoms with Crippen molar-refractivity contribution in [2.45, 2.75) is 38.6 Å². The number of hydrogen-bond acceptors (Lipinski definition) is 2. The second-order valence-corrected chi connectivity index (χ2v) is 4.68. The van der Waals surface area contributed by atoms with Crippen molar-refractivity contribution < 1.29 is 9.90 Å². The van der Waals surface area contributed by atoms with E-state index >= 15 is 0 Å². The minimum atomic E-state index is -0.607. The molecule has 0 aromatic rings. The van der Waals surface area contributed by atoms with Crippen LogP contribution in [-0.4, -0.2) is 35.1 Å². The molecular weight excluding hydrogens is 178 g/mol. The Morgan fingerprint density at radius 2 is 2.21 bits per heavy atom.